The van der Waals surface area contributed by atoms with Crippen LogP contribution in [0.3, 0.4) is 0 Å². The number of aromatic carboxylic acids is 1. The highest BCUT2D eigenvalue weighted by Gasteiger charge is 2.36. The first-order valence-corrected chi connectivity index (χ1v) is 10.9. The summed E-state index contributed by atoms with van der Waals surface area (Å²) in [5.74, 6) is -7.12. The Hall–Kier alpha value is -3.74. The van der Waals surface area contributed by atoms with E-state index >= 15 is 0 Å². The van der Waals surface area contributed by atoms with Crippen molar-refractivity contribution in [3.8, 4) is 34.1 Å². The number of hydrogen-bond acceptors (Lipinski definition) is 10. The SMILES string of the molecule is COC(c1cccc(Cl)c1)C(O)(O)NCCNc1c(O)c(O)c(O)c(-c2cccc(C(=O)O)c2)c1O. The van der Waals surface area contributed by atoms with Crippen molar-refractivity contribution in [2.24, 2.45) is 0 Å². The monoisotopic (exact) mass is 520 g/mol. The van der Waals surface area contributed by atoms with Crippen LogP contribution in [0.1, 0.15) is 22.0 Å². The number of carboxylic acid groups (broad SMARTS) is 1. The summed E-state index contributed by atoms with van der Waals surface area (Å²) in [5.41, 5.74) is -0.365. The highest BCUT2D eigenvalue weighted by atomic mass is 35.5. The fourth-order valence-corrected chi connectivity index (χ4v) is 3.87. The van der Waals surface area contributed by atoms with Gasteiger partial charge < -0.3 is 45.8 Å². The Morgan fingerprint density at radius 1 is 0.972 bits per heavy atom. The standard InChI is InChI=1S/C24H25ClN2O9/c1-36-22(13-5-3-7-15(25)11-13)24(34,35)27-9-8-26-17-18(28)16(19(29)21(31)20(17)30)12-4-2-6-14(10-12)23(32)33/h2-7,10-11,22,26-31,34-35H,8-9H2,1H3,(H,32,33). The average Bonchev–Trinajstić information content (AvgIpc) is 2.83. The summed E-state index contributed by atoms with van der Waals surface area (Å²) in [6.45, 7) is -0.257. The van der Waals surface area contributed by atoms with E-state index < -0.39 is 41.0 Å². The van der Waals surface area contributed by atoms with Crippen LogP contribution in [0.15, 0.2) is 48.5 Å². The first-order valence-electron chi connectivity index (χ1n) is 10.5. The number of anilines is 1. The van der Waals surface area contributed by atoms with Gasteiger partial charge in [-0.25, -0.2) is 4.79 Å². The van der Waals surface area contributed by atoms with Gasteiger partial charge in [0.2, 0.25) is 5.75 Å². The van der Waals surface area contributed by atoms with E-state index in [4.69, 9.17) is 16.3 Å². The molecule has 0 amide bonds. The number of hydrogen-bond donors (Lipinski definition) is 9. The summed E-state index contributed by atoms with van der Waals surface area (Å²) in [4.78, 5) is 11.3. The van der Waals surface area contributed by atoms with Crippen LogP contribution in [-0.4, -0.2) is 67.8 Å². The van der Waals surface area contributed by atoms with Gasteiger partial charge in [0.1, 0.15) is 5.69 Å². The van der Waals surface area contributed by atoms with Gasteiger partial charge in [-0.3, -0.25) is 5.32 Å². The van der Waals surface area contributed by atoms with E-state index in [0.717, 1.165) is 0 Å². The van der Waals surface area contributed by atoms with Gasteiger partial charge >= 0.3 is 5.97 Å². The first kappa shape index (κ1) is 26.9. The second kappa shape index (κ2) is 10.9. The molecule has 0 saturated carbocycles. The summed E-state index contributed by atoms with van der Waals surface area (Å²) in [6.07, 6.45) is -1.22. The molecule has 1 atom stereocenters. The Morgan fingerprint density at radius 3 is 2.31 bits per heavy atom. The van der Waals surface area contributed by atoms with Crippen molar-refractivity contribution in [2.45, 2.75) is 12.0 Å². The molecule has 3 aromatic carbocycles. The van der Waals surface area contributed by atoms with Crippen LogP contribution < -0.4 is 10.6 Å². The molecule has 0 aliphatic carbocycles. The highest BCUT2D eigenvalue weighted by molar-refractivity contribution is 6.30. The maximum Gasteiger partial charge on any atom is 0.335 e. The zero-order chi connectivity index (χ0) is 26.6. The third-order valence-electron chi connectivity index (χ3n) is 5.36. The lowest BCUT2D eigenvalue weighted by Crippen LogP contribution is -2.52. The molecule has 192 valence electrons. The van der Waals surface area contributed by atoms with Crippen molar-refractivity contribution >= 4 is 23.3 Å². The summed E-state index contributed by atoms with van der Waals surface area (Å²) in [6, 6.07) is 11.6. The molecular weight excluding hydrogens is 496 g/mol. The van der Waals surface area contributed by atoms with Crippen LogP contribution >= 0.6 is 11.6 Å². The van der Waals surface area contributed by atoms with E-state index in [2.05, 4.69) is 10.6 Å². The topological polar surface area (TPSA) is 192 Å². The van der Waals surface area contributed by atoms with Gasteiger partial charge in [0.05, 0.1) is 11.1 Å². The Kier molecular flexibility index (Phi) is 8.13. The van der Waals surface area contributed by atoms with Crippen molar-refractivity contribution in [1.82, 2.24) is 5.32 Å². The summed E-state index contributed by atoms with van der Waals surface area (Å²) in [5, 5.41) is 77.2. The minimum Gasteiger partial charge on any atom is -0.505 e. The Balaban J connectivity index is 1.80. The van der Waals surface area contributed by atoms with Gasteiger partial charge in [-0.1, -0.05) is 35.9 Å². The lowest BCUT2D eigenvalue weighted by molar-refractivity contribution is -0.254. The van der Waals surface area contributed by atoms with E-state index in [0.29, 0.717) is 10.6 Å². The van der Waals surface area contributed by atoms with E-state index in [-0.39, 0.29) is 35.5 Å². The molecule has 1 unspecified atom stereocenters. The van der Waals surface area contributed by atoms with Crippen LogP contribution in [0.25, 0.3) is 11.1 Å². The van der Waals surface area contributed by atoms with Crippen LogP contribution in [-0.2, 0) is 4.74 Å². The number of rotatable bonds is 10. The number of nitrogens with one attached hydrogen (secondary N) is 2. The molecule has 0 bridgehead atoms. The predicted molar refractivity (Wildman–Crippen MR) is 130 cm³/mol. The number of methoxy groups -OCH3 is 1. The Labute approximate surface area is 210 Å². The molecule has 0 spiro atoms. The Bertz CT molecular complexity index is 1270. The summed E-state index contributed by atoms with van der Waals surface area (Å²) in [7, 11) is 1.28. The van der Waals surface area contributed by atoms with Crippen molar-refractivity contribution in [3.05, 3.63) is 64.7 Å². The minimum absolute atomic E-state index is 0.0653. The number of benzene rings is 3. The lowest BCUT2D eigenvalue weighted by Gasteiger charge is -2.31. The molecule has 0 saturated heterocycles. The molecule has 12 heteroatoms. The van der Waals surface area contributed by atoms with Gasteiger partial charge in [-0.15, -0.1) is 0 Å². The van der Waals surface area contributed by atoms with E-state index in [1.807, 2.05) is 0 Å². The minimum atomic E-state index is -2.54. The highest BCUT2D eigenvalue weighted by Crippen LogP contribution is 2.54. The van der Waals surface area contributed by atoms with Gasteiger partial charge in [-0.2, -0.15) is 0 Å². The molecule has 0 heterocycles. The van der Waals surface area contributed by atoms with E-state index in [9.17, 15) is 40.5 Å². The number of phenols is 4. The number of aliphatic hydroxyl groups is 2. The van der Waals surface area contributed by atoms with Gasteiger partial charge in [-0.05, 0) is 35.4 Å². The fourth-order valence-electron chi connectivity index (χ4n) is 3.68. The molecule has 11 nitrogen and oxygen atoms in total. The van der Waals surface area contributed by atoms with Crippen molar-refractivity contribution in [3.63, 3.8) is 0 Å². The maximum atomic E-state index is 11.3. The second-order valence-electron chi connectivity index (χ2n) is 7.78. The number of ether oxygens (including phenoxy) is 1. The number of halogens is 1. The van der Waals surface area contributed by atoms with Crippen molar-refractivity contribution < 1.29 is 45.3 Å². The number of aromatic hydroxyl groups is 4. The maximum absolute atomic E-state index is 11.3. The quantitative estimate of drug-likeness (QED) is 0.0825. The predicted octanol–water partition coefficient (Wildman–Crippen LogP) is 2.56. The third kappa shape index (κ3) is 5.56. The normalized spacial score (nSPS) is 12.3. The van der Waals surface area contributed by atoms with Crippen LogP contribution in [0.2, 0.25) is 5.02 Å². The van der Waals surface area contributed by atoms with Crippen molar-refractivity contribution in [2.75, 3.05) is 25.5 Å². The zero-order valence-corrected chi connectivity index (χ0v) is 19.7. The lowest BCUT2D eigenvalue weighted by atomic mass is 9.99. The summed E-state index contributed by atoms with van der Waals surface area (Å²) >= 11 is 5.96. The average molecular weight is 521 g/mol. The molecular formula is C24H25ClN2O9. The number of carboxylic acids is 1. The number of carbonyl (C=O) groups is 1. The third-order valence-corrected chi connectivity index (χ3v) is 5.59. The zero-order valence-electron chi connectivity index (χ0n) is 18.9. The van der Waals surface area contributed by atoms with E-state index in [1.54, 1.807) is 18.2 Å². The molecule has 3 rings (SSSR count). The molecule has 0 aliphatic rings. The number of phenolic OH excluding ortho intramolecular Hbond substituents is 4. The largest absolute Gasteiger partial charge is 0.505 e. The molecule has 0 radical (unpaired) electrons. The van der Waals surface area contributed by atoms with Crippen LogP contribution in [0.5, 0.6) is 23.0 Å². The Morgan fingerprint density at radius 2 is 1.67 bits per heavy atom. The fraction of sp³-hybridized carbons (Fsp3) is 0.208. The van der Waals surface area contributed by atoms with Gasteiger partial charge in [0.15, 0.2) is 23.4 Å². The molecule has 36 heavy (non-hydrogen) atoms. The van der Waals surface area contributed by atoms with Gasteiger partial charge in [0.25, 0.3) is 5.91 Å². The molecule has 0 fully saturated rings. The van der Waals surface area contributed by atoms with Gasteiger partial charge in [0, 0.05) is 25.2 Å². The molecule has 0 aliphatic heterocycles. The smallest absolute Gasteiger partial charge is 0.335 e. The van der Waals surface area contributed by atoms with Crippen LogP contribution in [0, 0.1) is 0 Å². The second-order valence-corrected chi connectivity index (χ2v) is 8.22. The molecule has 3 aromatic rings. The first-order chi connectivity index (χ1) is 17.0. The van der Waals surface area contributed by atoms with E-state index in [1.165, 1.54) is 37.4 Å². The summed E-state index contributed by atoms with van der Waals surface area (Å²) < 4.78 is 5.21. The molecule has 0 aromatic heterocycles. The molecule has 9 N–H and O–H groups in total. The van der Waals surface area contributed by atoms with Crippen molar-refractivity contribution in [1.29, 1.82) is 0 Å². The van der Waals surface area contributed by atoms with Crippen LogP contribution in [0.4, 0.5) is 5.69 Å².